The third-order valence-corrected chi connectivity index (χ3v) is 7.18. The Morgan fingerprint density at radius 3 is 2.34 bits per heavy atom. The Bertz CT molecular complexity index is 1250. The Morgan fingerprint density at radius 1 is 0.895 bits per heavy atom. The summed E-state index contributed by atoms with van der Waals surface area (Å²) in [4.78, 5) is 28.8. The van der Waals surface area contributed by atoms with Gasteiger partial charge < -0.3 is 30.1 Å². The summed E-state index contributed by atoms with van der Waals surface area (Å²) in [6.45, 7) is 2.22. The van der Waals surface area contributed by atoms with Gasteiger partial charge in [-0.25, -0.2) is 0 Å². The van der Waals surface area contributed by atoms with Crippen LogP contribution in [0.5, 0.6) is 5.75 Å². The number of hydrogen-bond acceptors (Lipinski definition) is 6. The largest absolute Gasteiger partial charge is 0.489 e. The monoisotopic (exact) mass is 557 g/mol. The van der Waals surface area contributed by atoms with Gasteiger partial charge in [0.25, 0.3) is 11.8 Å². The summed E-state index contributed by atoms with van der Waals surface area (Å²) in [5.41, 5.74) is 2.50. The number of aliphatic hydroxyl groups excluding tert-OH is 2. The van der Waals surface area contributed by atoms with E-state index in [0.717, 1.165) is 11.3 Å². The maximum absolute atomic E-state index is 12.7. The van der Waals surface area contributed by atoms with Crippen LogP contribution in [0.25, 0.3) is 0 Å². The Balaban J connectivity index is 1.25. The quantitative estimate of drug-likeness (QED) is 0.373. The van der Waals surface area contributed by atoms with Gasteiger partial charge in [-0.3, -0.25) is 9.59 Å². The molecular formula is C28H29Cl2N3O5. The highest BCUT2D eigenvalue weighted by atomic mass is 35.5. The minimum Gasteiger partial charge on any atom is -0.489 e. The molecular weight excluding hydrogens is 529 g/mol. The molecule has 1 aliphatic heterocycles. The summed E-state index contributed by atoms with van der Waals surface area (Å²) in [5.74, 6) is -0.959. The van der Waals surface area contributed by atoms with E-state index in [0.29, 0.717) is 47.5 Å². The Kier molecular flexibility index (Phi) is 9.47. The molecule has 3 aromatic carbocycles. The number of carbonyl (C=O) groups is 2. The molecule has 200 valence electrons. The number of hydrogen-bond donors (Lipinski definition) is 3. The zero-order valence-corrected chi connectivity index (χ0v) is 22.1. The molecule has 0 radical (unpaired) electrons. The lowest BCUT2D eigenvalue weighted by Crippen LogP contribution is -2.55. The number of anilines is 1. The molecule has 0 bridgehead atoms. The first-order valence-electron chi connectivity index (χ1n) is 12.2. The van der Waals surface area contributed by atoms with Gasteiger partial charge in [0.1, 0.15) is 12.4 Å². The van der Waals surface area contributed by atoms with Crippen molar-refractivity contribution in [1.29, 1.82) is 0 Å². The topological polar surface area (TPSA) is 102 Å². The number of nitrogens with one attached hydrogen (secondary N) is 1. The zero-order chi connectivity index (χ0) is 27.1. The standard InChI is InChI=1S/C28H29Cl2N3O5/c29-23-11-5-7-20(24(23)30)18-38-22-10-4-6-19(16-22)17-31-27(36)25(34)26(35)28(37)33-14-12-32(13-15-33)21-8-2-1-3-9-21/h1-11,16,25-26,34-35H,12-15,17-18H2,(H,31,36)/t25-,26-/m1/s1. The van der Waals surface area contributed by atoms with Crippen LogP contribution in [0.4, 0.5) is 5.69 Å². The Labute approximate surface area is 231 Å². The molecule has 3 N–H and O–H groups in total. The van der Waals surface area contributed by atoms with Gasteiger partial charge in [0.15, 0.2) is 12.2 Å². The van der Waals surface area contributed by atoms with Gasteiger partial charge in [-0.1, -0.05) is 65.7 Å². The molecule has 1 fully saturated rings. The van der Waals surface area contributed by atoms with Crippen molar-refractivity contribution in [2.24, 2.45) is 0 Å². The van der Waals surface area contributed by atoms with E-state index in [1.807, 2.05) is 36.4 Å². The molecule has 1 heterocycles. The van der Waals surface area contributed by atoms with Crippen molar-refractivity contribution < 1.29 is 24.5 Å². The molecule has 4 rings (SSSR count). The first-order valence-corrected chi connectivity index (χ1v) is 13.0. The maximum atomic E-state index is 12.7. The number of rotatable bonds is 9. The van der Waals surface area contributed by atoms with E-state index in [1.54, 1.807) is 36.4 Å². The van der Waals surface area contributed by atoms with Crippen LogP contribution in [0.1, 0.15) is 11.1 Å². The summed E-state index contributed by atoms with van der Waals surface area (Å²) < 4.78 is 5.80. The number of piperazine rings is 1. The van der Waals surface area contributed by atoms with Gasteiger partial charge in [0.2, 0.25) is 0 Å². The molecule has 0 unspecified atom stereocenters. The summed E-state index contributed by atoms with van der Waals surface area (Å²) in [6.07, 6.45) is -3.74. The van der Waals surface area contributed by atoms with E-state index in [4.69, 9.17) is 27.9 Å². The average molecular weight is 558 g/mol. The van der Waals surface area contributed by atoms with Gasteiger partial charge in [-0.05, 0) is 35.9 Å². The number of benzene rings is 3. The van der Waals surface area contributed by atoms with Gasteiger partial charge in [-0.2, -0.15) is 0 Å². The molecule has 0 aliphatic carbocycles. The smallest absolute Gasteiger partial charge is 0.254 e. The number of para-hydroxylation sites is 1. The lowest BCUT2D eigenvalue weighted by atomic mass is 10.1. The summed E-state index contributed by atoms with van der Waals surface area (Å²) in [6, 6.07) is 22.2. The fraction of sp³-hybridized carbons (Fsp3) is 0.286. The molecule has 0 saturated carbocycles. The number of carbonyl (C=O) groups excluding carboxylic acids is 2. The van der Waals surface area contributed by atoms with Crippen molar-refractivity contribution in [1.82, 2.24) is 10.2 Å². The van der Waals surface area contributed by atoms with Crippen molar-refractivity contribution >= 4 is 40.7 Å². The van der Waals surface area contributed by atoms with Crippen LogP contribution in [-0.2, 0) is 22.7 Å². The van der Waals surface area contributed by atoms with Crippen LogP contribution in [0.3, 0.4) is 0 Å². The first-order chi connectivity index (χ1) is 18.3. The summed E-state index contributed by atoms with van der Waals surface area (Å²) in [5, 5.41) is 24.2. The number of ether oxygens (including phenoxy) is 1. The van der Waals surface area contributed by atoms with Crippen LogP contribution in [0, 0.1) is 0 Å². The van der Waals surface area contributed by atoms with Crippen molar-refractivity contribution in [2.45, 2.75) is 25.4 Å². The summed E-state index contributed by atoms with van der Waals surface area (Å²) in [7, 11) is 0. The highest BCUT2D eigenvalue weighted by Crippen LogP contribution is 2.27. The van der Waals surface area contributed by atoms with E-state index >= 15 is 0 Å². The van der Waals surface area contributed by atoms with Crippen molar-refractivity contribution in [3.8, 4) is 5.75 Å². The number of halogens is 2. The molecule has 8 nitrogen and oxygen atoms in total. The van der Waals surface area contributed by atoms with Crippen LogP contribution < -0.4 is 15.0 Å². The third-order valence-electron chi connectivity index (χ3n) is 6.32. The lowest BCUT2D eigenvalue weighted by Gasteiger charge is -2.37. The minimum absolute atomic E-state index is 0.0711. The Morgan fingerprint density at radius 2 is 1.61 bits per heavy atom. The SMILES string of the molecule is O=C(NCc1cccc(OCc2cccc(Cl)c2Cl)c1)[C@H](O)[C@@H](O)C(=O)N1CCN(c2ccccc2)CC1. The molecule has 0 aromatic heterocycles. The molecule has 2 atom stereocenters. The van der Waals surface area contributed by atoms with Crippen molar-refractivity contribution in [2.75, 3.05) is 31.1 Å². The van der Waals surface area contributed by atoms with E-state index < -0.39 is 24.0 Å². The van der Waals surface area contributed by atoms with Crippen molar-refractivity contribution in [3.63, 3.8) is 0 Å². The molecule has 1 saturated heterocycles. The van der Waals surface area contributed by atoms with Gasteiger partial charge >= 0.3 is 0 Å². The molecule has 2 amide bonds. The van der Waals surface area contributed by atoms with Crippen LogP contribution >= 0.6 is 23.2 Å². The fourth-order valence-corrected chi connectivity index (χ4v) is 4.52. The Hall–Kier alpha value is -3.30. The second kappa shape index (κ2) is 13.0. The second-order valence-electron chi connectivity index (χ2n) is 8.90. The molecule has 38 heavy (non-hydrogen) atoms. The minimum atomic E-state index is -1.89. The normalized spacial score (nSPS) is 15.1. The third kappa shape index (κ3) is 6.96. The van der Waals surface area contributed by atoms with Crippen molar-refractivity contribution in [3.05, 3.63) is 94.0 Å². The van der Waals surface area contributed by atoms with E-state index in [1.165, 1.54) is 4.90 Å². The lowest BCUT2D eigenvalue weighted by molar-refractivity contribution is -0.153. The molecule has 0 spiro atoms. The highest BCUT2D eigenvalue weighted by molar-refractivity contribution is 6.42. The first kappa shape index (κ1) is 27.7. The number of aliphatic hydroxyl groups is 2. The zero-order valence-electron chi connectivity index (χ0n) is 20.6. The molecule has 10 heteroatoms. The van der Waals surface area contributed by atoms with E-state index in [2.05, 4.69) is 10.2 Å². The van der Waals surface area contributed by atoms with Crippen LogP contribution in [-0.4, -0.2) is 65.3 Å². The number of nitrogens with zero attached hydrogens (tertiary/aromatic N) is 2. The maximum Gasteiger partial charge on any atom is 0.254 e. The van der Waals surface area contributed by atoms with Gasteiger partial charge in [0, 0.05) is 44.0 Å². The number of amides is 2. The van der Waals surface area contributed by atoms with Crippen LogP contribution in [0.15, 0.2) is 72.8 Å². The fourth-order valence-electron chi connectivity index (χ4n) is 4.15. The second-order valence-corrected chi connectivity index (χ2v) is 9.69. The van der Waals surface area contributed by atoms with Gasteiger partial charge in [-0.15, -0.1) is 0 Å². The highest BCUT2D eigenvalue weighted by Gasteiger charge is 2.34. The van der Waals surface area contributed by atoms with Gasteiger partial charge in [0.05, 0.1) is 10.0 Å². The van der Waals surface area contributed by atoms with E-state index in [-0.39, 0.29) is 13.2 Å². The predicted octanol–water partition coefficient (Wildman–Crippen LogP) is 3.26. The molecule has 3 aromatic rings. The van der Waals surface area contributed by atoms with E-state index in [9.17, 15) is 19.8 Å². The summed E-state index contributed by atoms with van der Waals surface area (Å²) >= 11 is 12.2. The predicted molar refractivity (Wildman–Crippen MR) is 146 cm³/mol. The molecule has 1 aliphatic rings. The average Bonchev–Trinajstić information content (AvgIpc) is 2.96. The van der Waals surface area contributed by atoms with Crippen LogP contribution in [0.2, 0.25) is 10.0 Å².